The lowest BCUT2D eigenvalue weighted by Gasteiger charge is -2.37. The van der Waals surface area contributed by atoms with Gasteiger partial charge in [-0.05, 0) is 58.7 Å². The number of urea groups is 1. The molecule has 0 aliphatic carbocycles. The first-order chi connectivity index (χ1) is 17.1. The molecule has 0 unspecified atom stereocenters. The first kappa shape index (κ1) is 23.8. The van der Waals surface area contributed by atoms with Crippen LogP contribution in [0.4, 0.5) is 26.9 Å². The number of aromatic nitrogens is 4. The highest BCUT2D eigenvalue weighted by atomic mass is 16.6. The third-order valence-electron chi connectivity index (χ3n) is 6.33. The molecule has 1 fully saturated rings. The van der Waals surface area contributed by atoms with Crippen LogP contribution in [0.25, 0.3) is 5.65 Å². The minimum absolute atomic E-state index is 0.267. The maximum absolute atomic E-state index is 13.2. The van der Waals surface area contributed by atoms with Crippen molar-refractivity contribution >= 4 is 35.1 Å². The van der Waals surface area contributed by atoms with Crippen LogP contribution in [0.2, 0.25) is 0 Å². The Labute approximate surface area is 210 Å². The van der Waals surface area contributed by atoms with Crippen molar-refractivity contribution in [3.8, 4) is 0 Å². The summed E-state index contributed by atoms with van der Waals surface area (Å²) in [5.41, 5.74) is 4.16. The quantitative estimate of drug-likeness (QED) is 0.584. The van der Waals surface area contributed by atoms with Gasteiger partial charge in [0.15, 0.2) is 11.5 Å². The van der Waals surface area contributed by atoms with Gasteiger partial charge in [-0.25, -0.2) is 24.1 Å². The zero-order chi connectivity index (χ0) is 25.6. The van der Waals surface area contributed by atoms with Gasteiger partial charge in [-0.1, -0.05) is 0 Å². The van der Waals surface area contributed by atoms with E-state index >= 15 is 0 Å². The van der Waals surface area contributed by atoms with Gasteiger partial charge in [0.05, 0.1) is 11.9 Å². The highest BCUT2D eigenvalue weighted by molar-refractivity contribution is 6.02. The topological polar surface area (TPSA) is 108 Å². The minimum atomic E-state index is -0.512. The molecule has 1 N–H and O–H groups in total. The van der Waals surface area contributed by atoms with Gasteiger partial charge in [-0.3, -0.25) is 10.2 Å². The summed E-state index contributed by atoms with van der Waals surface area (Å²) >= 11 is 0. The molecule has 2 aliphatic rings. The summed E-state index contributed by atoms with van der Waals surface area (Å²) in [4.78, 5) is 40.3. The van der Waals surface area contributed by atoms with E-state index in [0.29, 0.717) is 50.8 Å². The molecule has 3 aromatic rings. The van der Waals surface area contributed by atoms with E-state index in [4.69, 9.17) is 4.74 Å². The average Bonchev–Trinajstić information content (AvgIpc) is 3.41. The smallest absolute Gasteiger partial charge is 0.410 e. The normalized spacial score (nSPS) is 15.9. The summed E-state index contributed by atoms with van der Waals surface area (Å²) in [6, 6.07) is 3.55. The third kappa shape index (κ3) is 4.65. The molecule has 0 atom stereocenters. The van der Waals surface area contributed by atoms with Crippen molar-refractivity contribution < 1.29 is 14.3 Å². The molecule has 0 bridgehead atoms. The Hall–Kier alpha value is -3.89. The van der Waals surface area contributed by atoms with Crippen molar-refractivity contribution in [1.29, 1.82) is 0 Å². The molecule has 0 spiro atoms. The molecule has 0 saturated carbocycles. The molecular weight excluding hydrogens is 460 g/mol. The summed E-state index contributed by atoms with van der Waals surface area (Å²) in [7, 11) is 0. The summed E-state index contributed by atoms with van der Waals surface area (Å²) in [6.07, 6.45) is 4.00. The molecule has 11 heteroatoms. The molecule has 5 rings (SSSR count). The second kappa shape index (κ2) is 8.96. The zero-order valence-corrected chi connectivity index (χ0v) is 21.4. The SMILES string of the molecule is Cc1cn2nc(NC(=O)N3CCc4c(N5CCN(C(=O)OC(C)(C)C)CC5)ccnc43)cc(C)c2n1. The van der Waals surface area contributed by atoms with Crippen LogP contribution in [-0.4, -0.2) is 74.9 Å². The number of imidazole rings is 1. The maximum atomic E-state index is 13.2. The van der Waals surface area contributed by atoms with Gasteiger partial charge >= 0.3 is 12.1 Å². The van der Waals surface area contributed by atoms with Crippen molar-refractivity contribution in [2.75, 3.05) is 47.8 Å². The van der Waals surface area contributed by atoms with Crippen molar-refractivity contribution in [3.05, 3.63) is 41.3 Å². The van der Waals surface area contributed by atoms with E-state index in [1.165, 1.54) is 0 Å². The van der Waals surface area contributed by atoms with Crippen LogP contribution in [0, 0.1) is 13.8 Å². The van der Waals surface area contributed by atoms with Gasteiger partial charge in [0.1, 0.15) is 11.4 Å². The van der Waals surface area contributed by atoms with Gasteiger partial charge in [-0.15, -0.1) is 5.10 Å². The molecule has 1 saturated heterocycles. The number of carbonyl (C=O) groups is 2. The first-order valence-electron chi connectivity index (χ1n) is 12.2. The van der Waals surface area contributed by atoms with Crippen LogP contribution < -0.4 is 15.1 Å². The van der Waals surface area contributed by atoms with Gasteiger partial charge in [0.2, 0.25) is 0 Å². The monoisotopic (exact) mass is 492 g/mol. The fraction of sp³-hybridized carbons (Fsp3) is 0.480. The fourth-order valence-corrected chi connectivity index (χ4v) is 4.71. The number of pyridine rings is 1. The lowest BCUT2D eigenvalue weighted by atomic mass is 10.1. The number of hydrogen-bond acceptors (Lipinski definition) is 7. The van der Waals surface area contributed by atoms with E-state index in [9.17, 15) is 9.59 Å². The Morgan fingerprint density at radius 3 is 2.56 bits per heavy atom. The van der Waals surface area contributed by atoms with Crippen molar-refractivity contribution in [1.82, 2.24) is 24.5 Å². The van der Waals surface area contributed by atoms with E-state index in [1.54, 1.807) is 20.5 Å². The highest BCUT2D eigenvalue weighted by Crippen LogP contribution is 2.34. The van der Waals surface area contributed by atoms with Crippen molar-refractivity contribution in [3.63, 3.8) is 0 Å². The number of piperazine rings is 1. The molecule has 0 aromatic carbocycles. The number of aryl methyl sites for hydroxylation is 2. The van der Waals surface area contributed by atoms with Crippen LogP contribution in [0.1, 0.15) is 37.6 Å². The Morgan fingerprint density at radius 1 is 1.08 bits per heavy atom. The second-order valence-electron chi connectivity index (χ2n) is 10.3. The third-order valence-corrected chi connectivity index (χ3v) is 6.33. The molecule has 190 valence electrons. The number of anilines is 3. The van der Waals surface area contributed by atoms with Crippen molar-refractivity contribution in [2.24, 2.45) is 0 Å². The number of amides is 3. The molecule has 5 heterocycles. The van der Waals surface area contributed by atoms with E-state index in [2.05, 4.69) is 25.3 Å². The standard InChI is InChI=1S/C25H32N8O3/c1-16-14-20(29-33-15-17(2)27-21(16)33)28-23(34)32-9-7-18-19(6-8-26-22(18)32)30-10-12-31(13-11-30)24(35)36-25(3,4)5/h6,8,14-15H,7,9-13H2,1-5H3,(H,28,29,34). The Balaban J connectivity index is 1.28. The van der Waals surface area contributed by atoms with E-state index in [1.807, 2.05) is 52.9 Å². The molecular formula is C25H32N8O3. The second-order valence-corrected chi connectivity index (χ2v) is 10.3. The molecule has 0 radical (unpaired) electrons. The van der Waals surface area contributed by atoms with E-state index < -0.39 is 5.60 Å². The number of carbonyl (C=O) groups excluding carboxylic acids is 2. The Morgan fingerprint density at radius 2 is 1.83 bits per heavy atom. The van der Waals surface area contributed by atoms with Gasteiger partial charge in [0.25, 0.3) is 0 Å². The fourth-order valence-electron chi connectivity index (χ4n) is 4.71. The summed E-state index contributed by atoms with van der Waals surface area (Å²) in [6.45, 7) is 12.6. The number of nitrogens with one attached hydrogen (secondary N) is 1. The molecule has 3 amide bonds. The zero-order valence-electron chi connectivity index (χ0n) is 21.4. The Kier molecular flexibility index (Phi) is 5.93. The predicted molar refractivity (Wildman–Crippen MR) is 137 cm³/mol. The number of nitrogens with zero attached hydrogens (tertiary/aromatic N) is 7. The number of rotatable bonds is 2. The average molecular weight is 493 g/mol. The number of hydrogen-bond donors (Lipinski definition) is 1. The van der Waals surface area contributed by atoms with Gasteiger partial charge in [-0.2, -0.15) is 0 Å². The lowest BCUT2D eigenvalue weighted by molar-refractivity contribution is 0.0240. The van der Waals surface area contributed by atoms with Crippen LogP contribution in [0.5, 0.6) is 0 Å². The highest BCUT2D eigenvalue weighted by Gasteiger charge is 2.32. The van der Waals surface area contributed by atoms with E-state index in [-0.39, 0.29) is 12.1 Å². The molecule has 36 heavy (non-hydrogen) atoms. The summed E-state index contributed by atoms with van der Waals surface area (Å²) < 4.78 is 7.20. The van der Waals surface area contributed by atoms with Crippen LogP contribution in [-0.2, 0) is 11.2 Å². The minimum Gasteiger partial charge on any atom is -0.444 e. The van der Waals surface area contributed by atoms with Crippen LogP contribution >= 0.6 is 0 Å². The van der Waals surface area contributed by atoms with Crippen LogP contribution in [0.15, 0.2) is 24.5 Å². The largest absolute Gasteiger partial charge is 0.444 e. The summed E-state index contributed by atoms with van der Waals surface area (Å²) in [5, 5.41) is 7.40. The molecule has 11 nitrogen and oxygen atoms in total. The Bertz CT molecular complexity index is 1320. The van der Waals surface area contributed by atoms with Gasteiger partial charge in [0, 0.05) is 50.2 Å². The number of ether oxygens (including phenoxy) is 1. The maximum Gasteiger partial charge on any atom is 0.410 e. The molecule has 2 aliphatic heterocycles. The van der Waals surface area contributed by atoms with Gasteiger partial charge < -0.3 is 14.5 Å². The van der Waals surface area contributed by atoms with Crippen molar-refractivity contribution in [2.45, 2.75) is 46.6 Å². The number of fused-ring (bicyclic) bond motifs is 2. The predicted octanol–water partition coefficient (Wildman–Crippen LogP) is 3.39. The molecule has 3 aromatic heterocycles. The summed E-state index contributed by atoms with van der Waals surface area (Å²) in [5.74, 6) is 1.13. The lowest BCUT2D eigenvalue weighted by Crippen LogP contribution is -2.50. The van der Waals surface area contributed by atoms with E-state index in [0.717, 1.165) is 28.2 Å². The first-order valence-corrected chi connectivity index (χ1v) is 12.2. The van der Waals surface area contributed by atoms with Crippen LogP contribution in [0.3, 0.4) is 0 Å².